The van der Waals surface area contributed by atoms with Gasteiger partial charge in [-0.25, -0.2) is 0 Å². The fraction of sp³-hybridized carbons (Fsp3) is 0.250. The smallest absolute Gasteiger partial charge is 0.223 e. The van der Waals surface area contributed by atoms with Crippen LogP contribution in [0.3, 0.4) is 0 Å². The maximum atomic E-state index is 11.1. The van der Waals surface area contributed by atoms with E-state index in [4.69, 9.17) is 0 Å². The van der Waals surface area contributed by atoms with Gasteiger partial charge in [-0.05, 0) is 18.1 Å². The largest absolute Gasteiger partial charge is 0.333 e. The van der Waals surface area contributed by atoms with Crippen molar-refractivity contribution in [2.75, 3.05) is 0 Å². The van der Waals surface area contributed by atoms with Gasteiger partial charge >= 0.3 is 0 Å². The second-order valence-corrected chi connectivity index (χ2v) is 3.06. The summed E-state index contributed by atoms with van der Waals surface area (Å²) < 4.78 is 0. The molecule has 1 aromatic rings. The molecule has 0 aromatic heterocycles. The van der Waals surface area contributed by atoms with E-state index in [2.05, 4.69) is 5.32 Å². The Morgan fingerprint density at radius 2 is 2.07 bits per heavy atom. The summed E-state index contributed by atoms with van der Waals surface area (Å²) in [6.07, 6.45) is 5.03. The van der Waals surface area contributed by atoms with Crippen LogP contribution >= 0.6 is 0 Å². The molecule has 0 fully saturated rings. The summed E-state index contributed by atoms with van der Waals surface area (Å²) in [5, 5.41) is 2.71. The molecular formula is C12H15NO. The van der Waals surface area contributed by atoms with E-state index >= 15 is 0 Å². The van der Waals surface area contributed by atoms with Gasteiger partial charge in [-0.15, -0.1) is 0 Å². The highest BCUT2D eigenvalue weighted by atomic mass is 16.1. The van der Waals surface area contributed by atoms with Gasteiger partial charge in [0.15, 0.2) is 0 Å². The molecule has 74 valence electrons. The van der Waals surface area contributed by atoms with Crippen molar-refractivity contribution in [3.05, 3.63) is 42.1 Å². The van der Waals surface area contributed by atoms with E-state index < -0.39 is 0 Å². The van der Waals surface area contributed by atoms with Crippen LogP contribution in [0.25, 0.3) is 6.08 Å². The molecule has 0 saturated carbocycles. The zero-order valence-corrected chi connectivity index (χ0v) is 8.36. The van der Waals surface area contributed by atoms with Crippen molar-refractivity contribution >= 4 is 12.0 Å². The molecule has 2 heteroatoms. The predicted octanol–water partition coefficient (Wildman–Crippen LogP) is 2.57. The lowest BCUT2D eigenvalue weighted by Gasteiger charge is -1.96. The molecule has 0 unspecified atom stereocenters. The summed E-state index contributed by atoms with van der Waals surface area (Å²) in [6.45, 7) is 1.99. The first-order valence-electron chi connectivity index (χ1n) is 4.84. The van der Waals surface area contributed by atoms with Gasteiger partial charge < -0.3 is 5.32 Å². The Morgan fingerprint density at radius 1 is 1.36 bits per heavy atom. The maximum absolute atomic E-state index is 11.1. The van der Waals surface area contributed by atoms with Crippen LogP contribution in [0.1, 0.15) is 25.3 Å². The van der Waals surface area contributed by atoms with Crippen molar-refractivity contribution in [3.8, 4) is 0 Å². The molecule has 1 N–H and O–H groups in total. The molecule has 0 heterocycles. The molecule has 2 nitrogen and oxygen atoms in total. The van der Waals surface area contributed by atoms with Gasteiger partial charge in [-0.2, -0.15) is 0 Å². The first-order chi connectivity index (χ1) is 6.83. The zero-order chi connectivity index (χ0) is 10.2. The van der Waals surface area contributed by atoms with E-state index in [-0.39, 0.29) is 5.91 Å². The van der Waals surface area contributed by atoms with Crippen LogP contribution in [0.15, 0.2) is 36.5 Å². The summed E-state index contributed by atoms with van der Waals surface area (Å²) in [5.41, 5.74) is 1.09. The zero-order valence-electron chi connectivity index (χ0n) is 8.36. The standard InChI is InChI=1S/C12H15NO/c1-2-6-12(14)13-10-9-11-7-4-3-5-8-11/h3-5,7-10H,2,6H2,1H3,(H,13,14)/b10-9+. The predicted molar refractivity (Wildman–Crippen MR) is 58.5 cm³/mol. The average Bonchev–Trinajstić information content (AvgIpc) is 2.20. The number of carbonyl (C=O) groups is 1. The van der Waals surface area contributed by atoms with E-state index in [9.17, 15) is 4.79 Å². The second-order valence-electron chi connectivity index (χ2n) is 3.06. The summed E-state index contributed by atoms with van der Waals surface area (Å²) in [7, 11) is 0. The van der Waals surface area contributed by atoms with E-state index in [1.807, 2.05) is 43.3 Å². The first-order valence-corrected chi connectivity index (χ1v) is 4.84. The van der Waals surface area contributed by atoms with Gasteiger partial charge in [0.25, 0.3) is 0 Å². The Kier molecular flexibility index (Phi) is 4.48. The summed E-state index contributed by atoms with van der Waals surface area (Å²) in [5.74, 6) is 0.0691. The topological polar surface area (TPSA) is 29.1 Å². The van der Waals surface area contributed by atoms with Crippen molar-refractivity contribution in [1.82, 2.24) is 5.32 Å². The minimum atomic E-state index is 0.0691. The molecule has 14 heavy (non-hydrogen) atoms. The summed E-state index contributed by atoms with van der Waals surface area (Å²) in [6, 6.07) is 9.87. The number of benzene rings is 1. The highest BCUT2D eigenvalue weighted by Gasteiger charge is 1.93. The van der Waals surface area contributed by atoms with Crippen LogP contribution in [-0.4, -0.2) is 5.91 Å². The third-order valence-electron chi connectivity index (χ3n) is 1.80. The Morgan fingerprint density at radius 3 is 2.71 bits per heavy atom. The lowest BCUT2D eigenvalue weighted by atomic mass is 10.2. The Labute approximate surface area is 84.6 Å². The van der Waals surface area contributed by atoms with Gasteiger partial charge in [0.2, 0.25) is 5.91 Å². The average molecular weight is 189 g/mol. The van der Waals surface area contributed by atoms with Gasteiger partial charge in [0.1, 0.15) is 0 Å². The Hall–Kier alpha value is -1.57. The summed E-state index contributed by atoms with van der Waals surface area (Å²) in [4.78, 5) is 11.1. The van der Waals surface area contributed by atoms with Gasteiger partial charge in [-0.3, -0.25) is 4.79 Å². The van der Waals surface area contributed by atoms with Crippen molar-refractivity contribution in [2.45, 2.75) is 19.8 Å². The van der Waals surface area contributed by atoms with Crippen LogP contribution in [0.2, 0.25) is 0 Å². The molecule has 1 amide bonds. The van der Waals surface area contributed by atoms with E-state index in [1.54, 1.807) is 6.20 Å². The molecule has 0 spiro atoms. The van der Waals surface area contributed by atoms with Gasteiger partial charge in [-0.1, -0.05) is 37.3 Å². The van der Waals surface area contributed by atoms with Crippen LogP contribution in [0, 0.1) is 0 Å². The normalized spacial score (nSPS) is 10.4. The third kappa shape index (κ3) is 3.90. The molecular weight excluding hydrogens is 174 g/mol. The monoisotopic (exact) mass is 189 g/mol. The molecule has 0 radical (unpaired) electrons. The van der Waals surface area contributed by atoms with Crippen LogP contribution in [0.5, 0.6) is 0 Å². The van der Waals surface area contributed by atoms with Crippen LogP contribution < -0.4 is 5.32 Å². The fourth-order valence-corrected chi connectivity index (χ4v) is 1.09. The molecule has 0 atom stereocenters. The molecule has 1 aromatic carbocycles. The Balaban J connectivity index is 2.38. The SMILES string of the molecule is CCCC(=O)N/C=C/c1ccccc1. The van der Waals surface area contributed by atoms with E-state index in [1.165, 1.54) is 0 Å². The molecule has 0 aliphatic carbocycles. The van der Waals surface area contributed by atoms with Crippen LogP contribution in [0.4, 0.5) is 0 Å². The number of hydrogen-bond donors (Lipinski definition) is 1. The number of hydrogen-bond acceptors (Lipinski definition) is 1. The summed E-state index contributed by atoms with van der Waals surface area (Å²) >= 11 is 0. The highest BCUT2D eigenvalue weighted by Crippen LogP contribution is 1.99. The number of amides is 1. The van der Waals surface area contributed by atoms with Crippen molar-refractivity contribution in [2.24, 2.45) is 0 Å². The Bertz CT molecular complexity index is 303. The number of carbonyl (C=O) groups excluding carboxylic acids is 1. The number of rotatable bonds is 4. The van der Waals surface area contributed by atoms with Gasteiger partial charge in [0, 0.05) is 12.6 Å². The van der Waals surface area contributed by atoms with Gasteiger partial charge in [0.05, 0.1) is 0 Å². The molecule has 1 rings (SSSR count). The highest BCUT2D eigenvalue weighted by molar-refractivity contribution is 5.77. The van der Waals surface area contributed by atoms with E-state index in [0.29, 0.717) is 6.42 Å². The fourth-order valence-electron chi connectivity index (χ4n) is 1.09. The van der Waals surface area contributed by atoms with Crippen LogP contribution in [-0.2, 0) is 4.79 Å². The quantitative estimate of drug-likeness (QED) is 0.775. The van der Waals surface area contributed by atoms with Crippen molar-refractivity contribution in [3.63, 3.8) is 0 Å². The molecule has 0 bridgehead atoms. The first kappa shape index (κ1) is 10.5. The molecule has 0 aliphatic heterocycles. The lowest BCUT2D eigenvalue weighted by Crippen LogP contribution is -2.15. The number of nitrogens with one attached hydrogen (secondary N) is 1. The van der Waals surface area contributed by atoms with E-state index in [0.717, 1.165) is 12.0 Å². The van der Waals surface area contributed by atoms with Crippen molar-refractivity contribution in [1.29, 1.82) is 0 Å². The minimum absolute atomic E-state index is 0.0691. The lowest BCUT2D eigenvalue weighted by molar-refractivity contribution is -0.120. The minimum Gasteiger partial charge on any atom is -0.333 e. The molecule has 0 aliphatic rings. The van der Waals surface area contributed by atoms with Crippen molar-refractivity contribution < 1.29 is 4.79 Å². The second kappa shape index (κ2) is 5.97. The maximum Gasteiger partial charge on any atom is 0.223 e. The molecule has 0 saturated heterocycles. The third-order valence-corrected chi connectivity index (χ3v) is 1.80.